The minimum atomic E-state index is -4.41. The molecule has 0 atom stereocenters. The van der Waals surface area contributed by atoms with E-state index in [0.29, 0.717) is 31.4 Å². The van der Waals surface area contributed by atoms with Crippen LogP contribution in [-0.2, 0) is 38.6 Å². The number of para-hydroxylation sites is 1. The minimum absolute atomic E-state index is 0.0131. The lowest BCUT2D eigenvalue weighted by molar-refractivity contribution is -0.137. The van der Waals surface area contributed by atoms with Crippen LogP contribution in [0.4, 0.5) is 18.9 Å². The fourth-order valence-electron chi connectivity index (χ4n) is 3.56. The number of rotatable bonds is 11. The summed E-state index contributed by atoms with van der Waals surface area (Å²) in [7, 11) is -4.27. The Bertz CT molecular complexity index is 1370. The standard InChI is InChI=1S/C27H27F3N2O5S/c1-2-16-37-18-25(33)32-38(35,36)24-9-4-3-8-23(24)31-26(34)21-14-12-19(13-15-21)10-11-20-6-5-7-22(17-20)27(28,29)30/h3-9,12-15,17H,2,10-11,16,18H2,1H3,(H,31,34)(H,32,33). The van der Waals surface area contributed by atoms with Gasteiger partial charge in [-0.05, 0) is 60.7 Å². The molecule has 2 N–H and O–H groups in total. The Morgan fingerprint density at radius 3 is 2.26 bits per heavy atom. The number of alkyl halides is 3. The molecule has 0 unspecified atom stereocenters. The zero-order valence-corrected chi connectivity index (χ0v) is 21.4. The maximum absolute atomic E-state index is 12.9. The number of benzene rings is 3. The molecule has 11 heteroatoms. The van der Waals surface area contributed by atoms with E-state index in [0.717, 1.165) is 17.7 Å². The second kappa shape index (κ2) is 12.7. The highest BCUT2D eigenvalue weighted by Crippen LogP contribution is 2.29. The highest BCUT2D eigenvalue weighted by atomic mass is 32.2. The predicted octanol–water partition coefficient (Wildman–Crippen LogP) is 4.97. The van der Waals surface area contributed by atoms with E-state index in [1.807, 2.05) is 11.6 Å². The van der Waals surface area contributed by atoms with Gasteiger partial charge in [0.15, 0.2) is 0 Å². The zero-order valence-electron chi connectivity index (χ0n) is 20.5. The normalized spacial score (nSPS) is 11.7. The van der Waals surface area contributed by atoms with Crippen molar-refractivity contribution in [3.05, 3.63) is 95.1 Å². The second-order valence-electron chi connectivity index (χ2n) is 8.43. The molecule has 0 saturated carbocycles. The second-order valence-corrected chi connectivity index (χ2v) is 10.1. The highest BCUT2D eigenvalue weighted by molar-refractivity contribution is 7.90. The van der Waals surface area contributed by atoms with Crippen molar-refractivity contribution in [3.8, 4) is 0 Å². The van der Waals surface area contributed by atoms with Crippen LogP contribution in [0.2, 0.25) is 0 Å². The number of carbonyl (C=O) groups excluding carboxylic acids is 2. The number of halogens is 3. The maximum atomic E-state index is 12.9. The average Bonchev–Trinajstić information content (AvgIpc) is 2.87. The monoisotopic (exact) mass is 548 g/mol. The fourth-order valence-corrected chi connectivity index (χ4v) is 4.69. The van der Waals surface area contributed by atoms with Gasteiger partial charge in [0, 0.05) is 12.2 Å². The van der Waals surface area contributed by atoms with Crippen LogP contribution < -0.4 is 10.0 Å². The Kier molecular flexibility index (Phi) is 9.65. The molecule has 0 radical (unpaired) electrons. The van der Waals surface area contributed by atoms with Crippen LogP contribution in [-0.4, -0.2) is 33.4 Å². The summed E-state index contributed by atoms with van der Waals surface area (Å²) in [6.07, 6.45) is -2.88. The molecule has 2 amide bonds. The molecule has 0 aliphatic heterocycles. The van der Waals surface area contributed by atoms with Crippen LogP contribution in [0.5, 0.6) is 0 Å². The number of nitrogens with one attached hydrogen (secondary N) is 2. The zero-order chi connectivity index (χ0) is 27.8. The van der Waals surface area contributed by atoms with Crippen molar-refractivity contribution in [2.45, 2.75) is 37.3 Å². The molecule has 0 saturated heterocycles. The molecule has 3 aromatic rings. The van der Waals surface area contributed by atoms with Crippen molar-refractivity contribution in [1.82, 2.24) is 4.72 Å². The molecule has 0 spiro atoms. The molecular weight excluding hydrogens is 521 g/mol. The number of aryl methyl sites for hydroxylation is 2. The Hall–Kier alpha value is -3.70. The number of carbonyl (C=O) groups is 2. The number of hydrogen-bond acceptors (Lipinski definition) is 5. The largest absolute Gasteiger partial charge is 0.416 e. The summed E-state index contributed by atoms with van der Waals surface area (Å²) < 4.78 is 71.2. The lowest BCUT2D eigenvalue weighted by Gasteiger charge is -2.13. The fraction of sp³-hybridized carbons (Fsp3) is 0.259. The first-order chi connectivity index (χ1) is 18.0. The van der Waals surface area contributed by atoms with Crippen LogP contribution in [0.25, 0.3) is 0 Å². The van der Waals surface area contributed by atoms with Crippen molar-refractivity contribution in [3.63, 3.8) is 0 Å². The number of hydrogen-bond donors (Lipinski definition) is 2. The molecule has 7 nitrogen and oxygen atoms in total. The van der Waals surface area contributed by atoms with E-state index in [9.17, 15) is 31.2 Å². The first-order valence-electron chi connectivity index (χ1n) is 11.8. The third-order valence-electron chi connectivity index (χ3n) is 5.43. The topological polar surface area (TPSA) is 102 Å². The summed E-state index contributed by atoms with van der Waals surface area (Å²) in [4.78, 5) is 24.5. The smallest absolute Gasteiger partial charge is 0.372 e. The third kappa shape index (κ3) is 8.15. The number of amides is 2. The summed E-state index contributed by atoms with van der Waals surface area (Å²) in [6, 6.07) is 17.2. The van der Waals surface area contributed by atoms with Crippen molar-refractivity contribution >= 4 is 27.5 Å². The van der Waals surface area contributed by atoms with Crippen LogP contribution in [0.1, 0.15) is 40.4 Å². The van der Waals surface area contributed by atoms with Crippen molar-refractivity contribution in [2.75, 3.05) is 18.5 Å². The van der Waals surface area contributed by atoms with Crippen molar-refractivity contribution < 1.29 is 35.9 Å². The van der Waals surface area contributed by atoms with Gasteiger partial charge in [-0.1, -0.05) is 49.4 Å². The van der Waals surface area contributed by atoms with Gasteiger partial charge in [0.1, 0.15) is 11.5 Å². The lowest BCUT2D eigenvalue weighted by Crippen LogP contribution is -2.34. The highest BCUT2D eigenvalue weighted by Gasteiger charge is 2.30. The molecular formula is C27H27F3N2O5S. The third-order valence-corrected chi connectivity index (χ3v) is 6.86. The Morgan fingerprint density at radius 1 is 0.895 bits per heavy atom. The lowest BCUT2D eigenvalue weighted by atomic mass is 10.0. The summed E-state index contributed by atoms with van der Waals surface area (Å²) in [5.74, 6) is -1.41. The number of anilines is 1. The minimum Gasteiger partial charge on any atom is -0.372 e. The summed E-state index contributed by atoms with van der Waals surface area (Å²) >= 11 is 0. The quantitative estimate of drug-likeness (QED) is 0.330. The molecule has 0 aliphatic rings. The van der Waals surface area contributed by atoms with Crippen molar-refractivity contribution in [1.29, 1.82) is 0 Å². The van der Waals surface area contributed by atoms with Crippen molar-refractivity contribution in [2.24, 2.45) is 0 Å². The van der Waals surface area contributed by atoms with Gasteiger partial charge < -0.3 is 10.1 Å². The Labute approximate surface area is 219 Å². The van der Waals surface area contributed by atoms with Gasteiger partial charge in [0.25, 0.3) is 21.8 Å². The van der Waals surface area contributed by atoms with E-state index in [2.05, 4.69) is 5.32 Å². The van der Waals surface area contributed by atoms with Crippen LogP contribution in [0, 0.1) is 0 Å². The Balaban J connectivity index is 1.65. The molecule has 0 bridgehead atoms. The molecule has 38 heavy (non-hydrogen) atoms. The first kappa shape index (κ1) is 28.9. The van der Waals surface area contributed by atoms with Gasteiger partial charge in [-0.3, -0.25) is 9.59 Å². The van der Waals surface area contributed by atoms with Gasteiger partial charge in [0.2, 0.25) is 0 Å². The van der Waals surface area contributed by atoms with E-state index in [1.165, 1.54) is 30.3 Å². The van der Waals surface area contributed by atoms with Gasteiger partial charge >= 0.3 is 6.18 Å². The maximum Gasteiger partial charge on any atom is 0.416 e. The Morgan fingerprint density at radius 2 is 1.58 bits per heavy atom. The molecule has 202 valence electrons. The summed E-state index contributed by atoms with van der Waals surface area (Å²) in [5, 5.41) is 2.55. The van der Waals surface area contributed by atoms with Gasteiger partial charge in [0.05, 0.1) is 11.3 Å². The average molecular weight is 549 g/mol. The first-order valence-corrected chi connectivity index (χ1v) is 13.3. The van der Waals surface area contributed by atoms with E-state index < -0.39 is 40.2 Å². The molecule has 0 heterocycles. The van der Waals surface area contributed by atoms with Crippen LogP contribution in [0.15, 0.2) is 77.7 Å². The summed E-state index contributed by atoms with van der Waals surface area (Å²) in [6.45, 7) is 1.74. The van der Waals surface area contributed by atoms with E-state index in [-0.39, 0.29) is 16.1 Å². The van der Waals surface area contributed by atoms with Crippen LogP contribution in [0.3, 0.4) is 0 Å². The molecule has 3 rings (SSSR count). The van der Waals surface area contributed by atoms with Gasteiger partial charge in [-0.15, -0.1) is 0 Å². The number of ether oxygens (including phenoxy) is 1. The molecule has 3 aromatic carbocycles. The van der Waals surface area contributed by atoms with Gasteiger partial charge in [-0.2, -0.15) is 13.2 Å². The molecule has 0 aliphatic carbocycles. The SMILES string of the molecule is CCCOCC(=O)NS(=O)(=O)c1ccccc1NC(=O)c1ccc(CCc2cccc(C(F)(F)F)c2)cc1. The van der Waals surface area contributed by atoms with Gasteiger partial charge in [-0.25, -0.2) is 13.1 Å². The molecule has 0 fully saturated rings. The van der Waals surface area contributed by atoms with Crippen LogP contribution >= 0.6 is 0 Å². The van der Waals surface area contributed by atoms with E-state index >= 15 is 0 Å². The van der Waals surface area contributed by atoms with E-state index in [1.54, 1.807) is 30.3 Å². The molecule has 0 aromatic heterocycles. The van der Waals surface area contributed by atoms with E-state index in [4.69, 9.17) is 4.74 Å². The number of sulfonamides is 1. The predicted molar refractivity (Wildman–Crippen MR) is 136 cm³/mol. The summed E-state index contributed by atoms with van der Waals surface area (Å²) in [5.41, 5.74) is 0.894.